The minimum atomic E-state index is -6.03. The molecule has 0 fully saturated rings. The van der Waals surface area contributed by atoms with Crippen LogP contribution in [-0.4, -0.2) is 49.2 Å². The van der Waals surface area contributed by atoms with Gasteiger partial charge in [-0.05, 0) is 0 Å². The van der Waals surface area contributed by atoms with Gasteiger partial charge in [-0.25, -0.2) is 0 Å². The van der Waals surface area contributed by atoms with Crippen LogP contribution in [0.5, 0.6) is 0 Å². The quantitative estimate of drug-likeness (QED) is 0.535. The van der Waals surface area contributed by atoms with Crippen molar-refractivity contribution >= 4 is 20.2 Å². The summed E-state index contributed by atoms with van der Waals surface area (Å²) in [6.45, 7) is -2.47. The molecule has 0 aliphatic heterocycles. The second-order valence-electron chi connectivity index (χ2n) is 2.71. The Morgan fingerprint density at radius 3 is 1.88 bits per heavy atom. The monoisotopic (exact) mass is 364 g/mol. The van der Waals surface area contributed by atoms with Crippen molar-refractivity contribution in [3.8, 4) is 0 Å². The fourth-order valence-electron chi connectivity index (χ4n) is 0.664. The summed E-state index contributed by atoms with van der Waals surface area (Å²) in [7, 11) is 0. The van der Waals surface area contributed by atoms with Crippen LogP contribution in [-0.2, 0) is 6.15 Å². The number of hydrogen-bond acceptors (Lipinski definition) is 2. The van der Waals surface area contributed by atoms with Crippen LogP contribution >= 0.6 is 0 Å². The van der Waals surface area contributed by atoms with Gasteiger partial charge in [0.25, 0.3) is 0 Å². The summed E-state index contributed by atoms with van der Waals surface area (Å²) >= 11 is -5.73. The molecule has 0 aliphatic rings. The van der Waals surface area contributed by atoms with E-state index in [2.05, 4.69) is 3.07 Å². The predicted octanol–water partition coefficient (Wildman–Crippen LogP) is 2.36. The van der Waals surface area contributed by atoms with Crippen LogP contribution in [0, 0.1) is 0 Å². The van der Waals surface area contributed by atoms with E-state index in [1.807, 2.05) is 0 Å². The van der Waals surface area contributed by atoms with Crippen molar-refractivity contribution in [2.75, 3.05) is 13.3 Å². The molecule has 0 heterocycles. The van der Waals surface area contributed by atoms with E-state index in [0.29, 0.717) is 0 Å². The molecule has 16 heavy (non-hydrogen) atoms. The zero-order valence-corrected chi connectivity index (χ0v) is 10.7. The summed E-state index contributed by atoms with van der Waals surface area (Å²) in [6.07, 6.45) is 0. The van der Waals surface area contributed by atoms with Crippen molar-refractivity contribution in [1.82, 2.24) is 0 Å². The third-order valence-corrected chi connectivity index (χ3v) is 5.49. The Morgan fingerprint density at radius 1 is 1.12 bits per heavy atom. The first-order valence-corrected chi connectivity index (χ1v) is 7.67. The maximum atomic E-state index is 12.7. The van der Waals surface area contributed by atoms with E-state index in [0.717, 1.165) is 6.92 Å². The molecule has 0 bridgehead atoms. The van der Waals surface area contributed by atoms with E-state index in [1.54, 1.807) is 0 Å². The van der Waals surface area contributed by atoms with Crippen LogP contribution in [0.25, 0.3) is 0 Å². The first kappa shape index (κ1) is 16.1. The summed E-state index contributed by atoms with van der Waals surface area (Å²) < 4.78 is 95.6. The topological polar surface area (TPSA) is 26.3 Å². The van der Waals surface area contributed by atoms with Crippen LogP contribution in [0.2, 0.25) is 0 Å². The molecule has 0 radical (unpaired) electrons. The second kappa shape index (κ2) is 5.15. The zero-order valence-electron chi connectivity index (χ0n) is 7.88. The van der Waals surface area contributed by atoms with Gasteiger partial charge in [-0.15, -0.1) is 0 Å². The second-order valence-corrected chi connectivity index (χ2v) is 6.96. The number of halogens is 7. The Morgan fingerprint density at radius 2 is 1.56 bits per heavy atom. The summed E-state index contributed by atoms with van der Waals surface area (Å²) in [5.41, 5.74) is 0. The summed E-state index contributed by atoms with van der Waals surface area (Å²) in [5.74, 6) is -11.6. The maximum absolute atomic E-state index is 12.7. The normalized spacial score (nSPS) is 14.0. The number of hydrogen-bond donors (Lipinski definition) is 0. The van der Waals surface area contributed by atoms with E-state index in [9.17, 15) is 33.8 Å². The van der Waals surface area contributed by atoms with Crippen molar-refractivity contribution < 1.29 is 36.9 Å². The van der Waals surface area contributed by atoms with Gasteiger partial charge in [0.1, 0.15) is 0 Å². The van der Waals surface area contributed by atoms with Crippen molar-refractivity contribution in [3.63, 3.8) is 0 Å². The molecule has 0 unspecified atom stereocenters. The fraction of sp³-hybridized carbons (Fsp3) is 1.00. The van der Waals surface area contributed by atoms with E-state index < -0.39 is 49.2 Å². The summed E-state index contributed by atoms with van der Waals surface area (Å²) in [4.78, 5) is 0. The fourth-order valence-corrected chi connectivity index (χ4v) is 3.18. The predicted molar refractivity (Wildman–Crippen MR) is 38.9 cm³/mol. The molecule has 0 aromatic heterocycles. The Bertz CT molecular complexity index is 268. The molecule has 0 saturated carbocycles. The van der Waals surface area contributed by atoms with Gasteiger partial charge in [-0.2, -0.15) is 0 Å². The molecular formula is C6H7F7O2Sn. The molecule has 96 valence electrons. The van der Waals surface area contributed by atoms with Crippen LogP contribution in [0.1, 0.15) is 6.92 Å². The van der Waals surface area contributed by atoms with Crippen LogP contribution in [0.3, 0.4) is 0 Å². The Balaban J connectivity index is 5.20. The molecule has 0 aromatic carbocycles. The van der Waals surface area contributed by atoms with E-state index >= 15 is 0 Å². The van der Waals surface area contributed by atoms with Gasteiger partial charge in [0.05, 0.1) is 0 Å². The van der Waals surface area contributed by atoms with Gasteiger partial charge in [0, 0.05) is 0 Å². The van der Waals surface area contributed by atoms with E-state index in [1.165, 1.54) is 0 Å². The van der Waals surface area contributed by atoms with E-state index in [4.69, 9.17) is 0 Å². The Hall–Kier alpha value is 0.0687. The third kappa shape index (κ3) is 2.66. The van der Waals surface area contributed by atoms with E-state index in [-0.39, 0.29) is 0 Å². The third-order valence-electron chi connectivity index (χ3n) is 1.55. The van der Waals surface area contributed by atoms with Gasteiger partial charge < -0.3 is 0 Å². The molecule has 0 spiro atoms. The summed E-state index contributed by atoms with van der Waals surface area (Å²) in [5, 5.41) is 0. The Kier molecular flexibility index (Phi) is 5.17. The Labute approximate surface area is 93.4 Å². The molecule has 0 aliphatic carbocycles. The molecule has 0 rings (SSSR count). The molecule has 0 N–H and O–H groups in total. The average Bonchev–Trinajstić information content (AvgIpc) is 2.17. The van der Waals surface area contributed by atoms with Crippen LogP contribution in [0.15, 0.2) is 0 Å². The number of rotatable bonds is 6. The first-order chi connectivity index (χ1) is 7.04. The molecule has 0 saturated heterocycles. The first-order valence-electron chi connectivity index (χ1n) is 3.91. The van der Waals surface area contributed by atoms with Crippen LogP contribution in [0.4, 0.5) is 30.7 Å². The van der Waals surface area contributed by atoms with Gasteiger partial charge >= 0.3 is 93.0 Å². The molecule has 2 nitrogen and oxygen atoms in total. The zero-order chi connectivity index (χ0) is 13.2. The SMILES string of the molecule is CC[O][Sn](=[O])[C](F)(F)C(F)(F)C(F)(F)CF. The molecular weight excluding hydrogens is 356 g/mol. The molecule has 0 amide bonds. The molecule has 10 heteroatoms. The van der Waals surface area contributed by atoms with Crippen molar-refractivity contribution in [2.24, 2.45) is 0 Å². The summed E-state index contributed by atoms with van der Waals surface area (Å²) in [6, 6.07) is 0. The van der Waals surface area contributed by atoms with Crippen molar-refractivity contribution in [1.29, 1.82) is 0 Å². The standard InChI is InChI=1S/C4H2F7.C2H5O.O.Sn/c5-1-3(8,9)4(10,11)2(6)7;1-2-3;;/h1H2;2H2,1H3;;/q;-1;;+1. The van der Waals surface area contributed by atoms with Gasteiger partial charge in [-0.1, -0.05) is 0 Å². The van der Waals surface area contributed by atoms with Crippen LogP contribution < -0.4 is 0 Å². The van der Waals surface area contributed by atoms with Crippen molar-refractivity contribution in [3.05, 3.63) is 0 Å². The molecule has 0 aromatic rings. The van der Waals surface area contributed by atoms with Gasteiger partial charge in [-0.3, -0.25) is 0 Å². The van der Waals surface area contributed by atoms with Gasteiger partial charge in [0.2, 0.25) is 0 Å². The number of alkyl halides is 7. The minimum absolute atomic E-state index is 0.578. The van der Waals surface area contributed by atoms with Crippen molar-refractivity contribution in [2.45, 2.75) is 22.7 Å². The molecule has 0 atom stereocenters. The van der Waals surface area contributed by atoms with Gasteiger partial charge in [0.15, 0.2) is 0 Å². The average molecular weight is 363 g/mol.